The number of amides is 1. The van der Waals surface area contributed by atoms with Gasteiger partial charge in [-0.25, -0.2) is 0 Å². The zero-order valence-electron chi connectivity index (χ0n) is 13.9. The third-order valence-corrected chi connectivity index (χ3v) is 5.39. The Morgan fingerprint density at radius 1 is 1.12 bits per heavy atom. The molecular formula is C19H24N4O. The normalized spacial score (nSPS) is 19.2. The molecule has 0 unspecified atom stereocenters. The molecule has 3 heterocycles. The van der Waals surface area contributed by atoms with Gasteiger partial charge < -0.3 is 4.90 Å². The fourth-order valence-electron chi connectivity index (χ4n) is 3.90. The molecular weight excluding hydrogens is 300 g/mol. The van der Waals surface area contributed by atoms with Gasteiger partial charge in [0.25, 0.3) is 0 Å². The van der Waals surface area contributed by atoms with Gasteiger partial charge in [-0.05, 0) is 49.5 Å². The van der Waals surface area contributed by atoms with E-state index in [2.05, 4.69) is 45.4 Å². The number of H-pyrrole nitrogens is 1. The molecule has 2 aliphatic heterocycles. The number of nitrogens with zero attached hydrogens (tertiary/aromatic N) is 3. The molecule has 126 valence electrons. The second kappa shape index (κ2) is 6.77. The molecule has 1 aromatic carbocycles. The lowest BCUT2D eigenvalue weighted by molar-refractivity contribution is -0.133. The van der Waals surface area contributed by atoms with Crippen molar-refractivity contribution in [2.24, 2.45) is 0 Å². The number of likely N-dealkylation sites (tertiary alicyclic amines) is 1. The number of aromatic amines is 1. The van der Waals surface area contributed by atoms with Gasteiger partial charge >= 0.3 is 0 Å². The van der Waals surface area contributed by atoms with E-state index in [1.165, 1.54) is 16.8 Å². The maximum atomic E-state index is 12.7. The van der Waals surface area contributed by atoms with Crippen molar-refractivity contribution in [1.29, 1.82) is 0 Å². The molecule has 0 aliphatic carbocycles. The molecule has 1 aromatic heterocycles. The highest BCUT2D eigenvalue weighted by Crippen LogP contribution is 2.26. The molecule has 4 rings (SSSR count). The van der Waals surface area contributed by atoms with Crippen LogP contribution in [0.5, 0.6) is 0 Å². The average molecular weight is 324 g/mol. The van der Waals surface area contributed by atoms with Gasteiger partial charge in [0.05, 0.1) is 6.54 Å². The van der Waals surface area contributed by atoms with Crippen molar-refractivity contribution in [1.82, 2.24) is 20.0 Å². The first kappa shape index (κ1) is 15.4. The highest BCUT2D eigenvalue weighted by Gasteiger charge is 2.26. The second-order valence-electron chi connectivity index (χ2n) is 6.90. The van der Waals surface area contributed by atoms with Gasteiger partial charge in [-0.15, -0.1) is 0 Å². The summed E-state index contributed by atoms with van der Waals surface area (Å²) in [6.45, 7) is 4.14. The standard InChI is InChI=1S/C19H24N4O/c24-19(23-12-8-15-3-1-2-4-17(15)13-23)14-22-10-6-16(7-11-22)18-5-9-20-21-18/h1-5,9,16H,6-8,10-14H2,(H,20,21). The Balaban J connectivity index is 1.30. The summed E-state index contributed by atoms with van der Waals surface area (Å²) in [4.78, 5) is 17.0. The van der Waals surface area contributed by atoms with Gasteiger partial charge in [-0.2, -0.15) is 5.10 Å². The van der Waals surface area contributed by atoms with Crippen molar-refractivity contribution in [2.45, 2.75) is 31.7 Å². The quantitative estimate of drug-likeness (QED) is 0.941. The van der Waals surface area contributed by atoms with Crippen molar-refractivity contribution in [3.8, 4) is 0 Å². The molecule has 5 heteroatoms. The van der Waals surface area contributed by atoms with Crippen LogP contribution in [0.15, 0.2) is 36.5 Å². The van der Waals surface area contributed by atoms with Crippen LogP contribution in [0.1, 0.15) is 35.6 Å². The molecule has 0 radical (unpaired) electrons. The first-order valence-electron chi connectivity index (χ1n) is 8.86. The van der Waals surface area contributed by atoms with Gasteiger partial charge in [-0.3, -0.25) is 14.8 Å². The van der Waals surface area contributed by atoms with Gasteiger partial charge in [0.15, 0.2) is 0 Å². The number of aromatic nitrogens is 2. The summed E-state index contributed by atoms with van der Waals surface area (Å²) in [7, 11) is 0. The van der Waals surface area contributed by atoms with E-state index in [4.69, 9.17) is 0 Å². The van der Waals surface area contributed by atoms with Crippen molar-refractivity contribution < 1.29 is 4.79 Å². The number of nitrogens with one attached hydrogen (secondary N) is 1. The Bertz CT molecular complexity index is 689. The van der Waals surface area contributed by atoms with E-state index in [-0.39, 0.29) is 5.91 Å². The summed E-state index contributed by atoms with van der Waals surface area (Å²) in [6.07, 6.45) is 4.99. The fourth-order valence-corrected chi connectivity index (χ4v) is 3.90. The van der Waals surface area contributed by atoms with Crippen molar-refractivity contribution in [3.63, 3.8) is 0 Å². The molecule has 2 aromatic rings. The number of piperidine rings is 1. The first-order chi connectivity index (χ1) is 11.8. The number of fused-ring (bicyclic) bond motifs is 1. The van der Waals surface area contributed by atoms with Crippen LogP contribution in [-0.4, -0.2) is 52.1 Å². The maximum absolute atomic E-state index is 12.7. The summed E-state index contributed by atoms with van der Waals surface area (Å²) in [5.41, 5.74) is 3.92. The summed E-state index contributed by atoms with van der Waals surface area (Å²) in [6, 6.07) is 10.5. The molecule has 1 N–H and O–H groups in total. The Labute approximate surface area is 142 Å². The molecule has 5 nitrogen and oxygen atoms in total. The topological polar surface area (TPSA) is 52.2 Å². The fraction of sp³-hybridized carbons (Fsp3) is 0.474. The zero-order valence-corrected chi connectivity index (χ0v) is 13.9. The van der Waals surface area contributed by atoms with E-state index in [1.54, 1.807) is 0 Å². The Kier molecular flexibility index (Phi) is 4.34. The molecule has 1 saturated heterocycles. The summed E-state index contributed by atoms with van der Waals surface area (Å²) < 4.78 is 0. The highest BCUT2D eigenvalue weighted by atomic mass is 16.2. The van der Waals surface area contributed by atoms with Gasteiger partial charge in [0.1, 0.15) is 0 Å². The van der Waals surface area contributed by atoms with Crippen molar-refractivity contribution in [2.75, 3.05) is 26.2 Å². The van der Waals surface area contributed by atoms with Crippen LogP contribution < -0.4 is 0 Å². The Hall–Kier alpha value is -2.14. The number of carbonyl (C=O) groups excluding carboxylic acids is 1. The third-order valence-electron chi connectivity index (χ3n) is 5.39. The molecule has 0 saturated carbocycles. The smallest absolute Gasteiger partial charge is 0.237 e. The maximum Gasteiger partial charge on any atom is 0.237 e. The Morgan fingerprint density at radius 3 is 2.67 bits per heavy atom. The molecule has 0 spiro atoms. The summed E-state index contributed by atoms with van der Waals surface area (Å²) in [5, 5.41) is 7.12. The lowest BCUT2D eigenvalue weighted by atomic mass is 9.93. The predicted octanol–water partition coefficient (Wildman–Crippen LogP) is 2.17. The largest absolute Gasteiger partial charge is 0.337 e. The van der Waals surface area contributed by atoms with Crippen LogP contribution in [0.4, 0.5) is 0 Å². The van der Waals surface area contributed by atoms with E-state index in [0.717, 1.165) is 45.4 Å². The van der Waals surface area contributed by atoms with Gasteiger partial charge in [-0.1, -0.05) is 24.3 Å². The van der Waals surface area contributed by atoms with Crippen LogP contribution in [0.25, 0.3) is 0 Å². The van der Waals surface area contributed by atoms with E-state index >= 15 is 0 Å². The van der Waals surface area contributed by atoms with Crippen LogP contribution in [0.2, 0.25) is 0 Å². The minimum absolute atomic E-state index is 0.268. The van der Waals surface area contributed by atoms with Gasteiger partial charge in [0, 0.05) is 30.9 Å². The van der Waals surface area contributed by atoms with Crippen LogP contribution in [0.3, 0.4) is 0 Å². The minimum Gasteiger partial charge on any atom is -0.337 e. The Morgan fingerprint density at radius 2 is 1.92 bits per heavy atom. The number of rotatable bonds is 3. The van der Waals surface area contributed by atoms with E-state index < -0.39 is 0 Å². The molecule has 0 atom stereocenters. The third kappa shape index (κ3) is 3.22. The van der Waals surface area contributed by atoms with Crippen molar-refractivity contribution in [3.05, 3.63) is 53.3 Å². The molecule has 24 heavy (non-hydrogen) atoms. The second-order valence-corrected chi connectivity index (χ2v) is 6.90. The minimum atomic E-state index is 0.268. The van der Waals surface area contributed by atoms with E-state index in [9.17, 15) is 4.79 Å². The summed E-state index contributed by atoms with van der Waals surface area (Å²) >= 11 is 0. The predicted molar refractivity (Wildman–Crippen MR) is 92.6 cm³/mol. The zero-order chi connectivity index (χ0) is 16.4. The SMILES string of the molecule is O=C(CN1CCC(c2ccn[nH]2)CC1)N1CCc2ccccc2C1. The van der Waals surface area contributed by atoms with Crippen LogP contribution >= 0.6 is 0 Å². The average Bonchev–Trinajstić information content (AvgIpc) is 3.16. The molecule has 0 bridgehead atoms. The lowest BCUT2D eigenvalue weighted by Crippen LogP contribution is -2.44. The first-order valence-corrected chi connectivity index (χ1v) is 8.86. The summed E-state index contributed by atoms with van der Waals surface area (Å²) in [5.74, 6) is 0.824. The van der Waals surface area contributed by atoms with Crippen LogP contribution in [-0.2, 0) is 17.8 Å². The monoisotopic (exact) mass is 324 g/mol. The van der Waals surface area contributed by atoms with Crippen LogP contribution in [0, 0.1) is 0 Å². The molecule has 1 amide bonds. The highest BCUT2D eigenvalue weighted by molar-refractivity contribution is 5.78. The van der Waals surface area contributed by atoms with E-state index in [0.29, 0.717) is 12.5 Å². The lowest BCUT2D eigenvalue weighted by Gasteiger charge is -2.34. The number of benzene rings is 1. The number of hydrogen-bond acceptors (Lipinski definition) is 3. The molecule has 1 fully saturated rings. The van der Waals surface area contributed by atoms with Crippen molar-refractivity contribution >= 4 is 5.91 Å². The van der Waals surface area contributed by atoms with Gasteiger partial charge in [0.2, 0.25) is 5.91 Å². The molecule has 2 aliphatic rings. The number of carbonyl (C=O) groups is 1. The van der Waals surface area contributed by atoms with E-state index in [1.807, 2.05) is 11.1 Å². The number of hydrogen-bond donors (Lipinski definition) is 1.